The van der Waals surface area contributed by atoms with E-state index in [0.29, 0.717) is 23.0 Å². The highest BCUT2D eigenvalue weighted by Gasteiger charge is 2.26. The highest BCUT2D eigenvalue weighted by molar-refractivity contribution is 6.32. The quantitative estimate of drug-likeness (QED) is 0.604. The van der Waals surface area contributed by atoms with Gasteiger partial charge in [0.05, 0.1) is 18.7 Å². The van der Waals surface area contributed by atoms with Gasteiger partial charge < -0.3 is 14.5 Å². The molecule has 28 heavy (non-hydrogen) atoms. The molecule has 146 valence electrons. The number of carbonyl (C=O) groups is 1. The average molecular weight is 399 g/mol. The van der Waals surface area contributed by atoms with Crippen LogP contribution in [-0.4, -0.2) is 25.0 Å². The molecule has 0 saturated heterocycles. The van der Waals surface area contributed by atoms with Crippen molar-refractivity contribution in [2.45, 2.75) is 19.5 Å². The number of likely N-dealkylation sites (N-methyl/N-ethyl adjacent to an activating group) is 1. The number of anilines is 1. The molecule has 1 atom stereocenters. The first-order valence-corrected chi connectivity index (χ1v) is 9.30. The van der Waals surface area contributed by atoms with Gasteiger partial charge in [-0.05, 0) is 49.9 Å². The first kappa shape index (κ1) is 20.0. The van der Waals surface area contributed by atoms with E-state index < -0.39 is 6.04 Å². The van der Waals surface area contributed by atoms with Crippen LogP contribution in [0.2, 0.25) is 5.02 Å². The van der Waals surface area contributed by atoms with E-state index in [1.54, 1.807) is 25.3 Å². The molecule has 0 aliphatic rings. The number of hydrogen-bond donors (Lipinski definition) is 1. The van der Waals surface area contributed by atoms with Gasteiger partial charge in [-0.15, -0.1) is 0 Å². The van der Waals surface area contributed by atoms with Crippen molar-refractivity contribution in [1.29, 1.82) is 0 Å². The number of rotatable bonds is 7. The molecule has 3 rings (SSSR count). The molecule has 2 aromatic carbocycles. The van der Waals surface area contributed by atoms with E-state index in [0.717, 1.165) is 17.1 Å². The fourth-order valence-corrected chi connectivity index (χ4v) is 3.36. The van der Waals surface area contributed by atoms with Crippen molar-refractivity contribution in [1.82, 2.24) is 4.90 Å². The van der Waals surface area contributed by atoms with E-state index in [-0.39, 0.29) is 5.91 Å². The summed E-state index contributed by atoms with van der Waals surface area (Å²) in [4.78, 5) is 15.1. The van der Waals surface area contributed by atoms with E-state index in [4.69, 9.17) is 20.8 Å². The lowest BCUT2D eigenvalue weighted by Crippen LogP contribution is -2.34. The molecule has 6 heteroatoms. The Hall–Kier alpha value is -2.76. The molecule has 0 saturated carbocycles. The summed E-state index contributed by atoms with van der Waals surface area (Å²) in [6, 6.07) is 18.2. The Morgan fingerprint density at radius 3 is 2.54 bits per heavy atom. The summed E-state index contributed by atoms with van der Waals surface area (Å²) in [7, 11) is 3.45. The van der Waals surface area contributed by atoms with Gasteiger partial charge in [0, 0.05) is 5.69 Å². The lowest BCUT2D eigenvalue weighted by molar-refractivity contribution is -0.121. The normalized spacial score (nSPS) is 12.0. The molecule has 1 aromatic heterocycles. The molecule has 0 aliphatic carbocycles. The van der Waals surface area contributed by atoms with Gasteiger partial charge in [0.25, 0.3) is 0 Å². The predicted molar refractivity (Wildman–Crippen MR) is 111 cm³/mol. The molecule has 0 bridgehead atoms. The number of ether oxygens (including phenoxy) is 1. The Labute approximate surface area is 169 Å². The van der Waals surface area contributed by atoms with Crippen LogP contribution in [0.1, 0.15) is 23.1 Å². The van der Waals surface area contributed by atoms with Crippen molar-refractivity contribution in [3.8, 4) is 5.75 Å². The molecular weight excluding hydrogens is 376 g/mol. The van der Waals surface area contributed by atoms with E-state index >= 15 is 0 Å². The second kappa shape index (κ2) is 8.95. The Kier molecular flexibility index (Phi) is 6.39. The standard InChI is InChI=1S/C22H23ClN2O3/c1-15-9-11-18(28-15)14-25(2)21(16-7-5-4-6-8-16)22(26)24-17-10-12-20(27-3)19(23)13-17/h4-13,21H,14H2,1-3H3,(H,24,26)/t21-/m1/s1. The molecule has 1 amide bonds. The Morgan fingerprint density at radius 2 is 1.93 bits per heavy atom. The van der Waals surface area contributed by atoms with Gasteiger partial charge in [-0.25, -0.2) is 0 Å². The molecule has 3 aromatic rings. The number of halogens is 1. The van der Waals surface area contributed by atoms with Crippen molar-refractivity contribution in [3.05, 3.63) is 82.8 Å². The number of hydrogen-bond acceptors (Lipinski definition) is 4. The maximum Gasteiger partial charge on any atom is 0.246 e. The second-order valence-electron chi connectivity index (χ2n) is 6.58. The summed E-state index contributed by atoms with van der Waals surface area (Å²) in [5, 5.41) is 3.39. The summed E-state index contributed by atoms with van der Waals surface area (Å²) in [5.74, 6) is 2.06. The first-order valence-electron chi connectivity index (χ1n) is 8.93. The largest absolute Gasteiger partial charge is 0.495 e. The van der Waals surface area contributed by atoms with Gasteiger partial charge in [0.2, 0.25) is 5.91 Å². The maximum absolute atomic E-state index is 13.2. The highest BCUT2D eigenvalue weighted by Crippen LogP contribution is 2.29. The summed E-state index contributed by atoms with van der Waals surface area (Å²) < 4.78 is 10.8. The zero-order valence-corrected chi connectivity index (χ0v) is 16.9. The van der Waals surface area contributed by atoms with Crippen LogP contribution in [0, 0.1) is 6.92 Å². The summed E-state index contributed by atoms with van der Waals surface area (Å²) in [6.07, 6.45) is 0. The molecule has 1 N–H and O–H groups in total. The Morgan fingerprint density at radius 1 is 1.18 bits per heavy atom. The number of methoxy groups -OCH3 is 1. The molecule has 0 fully saturated rings. The van der Waals surface area contributed by atoms with Crippen LogP contribution in [0.15, 0.2) is 65.1 Å². The molecule has 0 unspecified atom stereocenters. The highest BCUT2D eigenvalue weighted by atomic mass is 35.5. The van der Waals surface area contributed by atoms with Crippen molar-refractivity contribution < 1.29 is 13.9 Å². The molecule has 1 heterocycles. The van der Waals surface area contributed by atoms with E-state index in [2.05, 4.69) is 5.32 Å². The number of nitrogens with zero attached hydrogens (tertiary/aromatic N) is 1. The van der Waals surface area contributed by atoms with Gasteiger partial charge >= 0.3 is 0 Å². The maximum atomic E-state index is 13.2. The number of benzene rings is 2. The molecule has 0 aliphatic heterocycles. The number of aryl methyl sites for hydroxylation is 1. The van der Waals surface area contributed by atoms with Gasteiger partial charge in [-0.3, -0.25) is 9.69 Å². The van der Waals surface area contributed by atoms with E-state index in [1.807, 2.05) is 61.3 Å². The zero-order chi connectivity index (χ0) is 20.1. The van der Waals surface area contributed by atoms with Crippen molar-refractivity contribution in [3.63, 3.8) is 0 Å². The minimum Gasteiger partial charge on any atom is -0.495 e. The van der Waals surface area contributed by atoms with Crippen LogP contribution in [0.3, 0.4) is 0 Å². The number of nitrogens with one attached hydrogen (secondary N) is 1. The van der Waals surface area contributed by atoms with E-state index in [9.17, 15) is 4.79 Å². The topological polar surface area (TPSA) is 54.7 Å². The molecule has 5 nitrogen and oxygen atoms in total. The van der Waals surface area contributed by atoms with Gasteiger partial charge in [0.15, 0.2) is 0 Å². The van der Waals surface area contributed by atoms with Gasteiger partial charge in [-0.2, -0.15) is 0 Å². The van der Waals surface area contributed by atoms with Crippen LogP contribution in [0.25, 0.3) is 0 Å². The number of amides is 1. The third kappa shape index (κ3) is 4.74. The Balaban J connectivity index is 1.83. The van der Waals surface area contributed by atoms with Crippen molar-refractivity contribution >= 4 is 23.2 Å². The minimum absolute atomic E-state index is 0.154. The smallest absolute Gasteiger partial charge is 0.246 e. The van der Waals surface area contributed by atoms with Crippen LogP contribution >= 0.6 is 11.6 Å². The van der Waals surface area contributed by atoms with Crippen molar-refractivity contribution in [2.75, 3.05) is 19.5 Å². The van der Waals surface area contributed by atoms with Gasteiger partial charge in [0.1, 0.15) is 23.3 Å². The monoisotopic (exact) mass is 398 g/mol. The second-order valence-corrected chi connectivity index (χ2v) is 6.99. The summed E-state index contributed by atoms with van der Waals surface area (Å²) in [6.45, 7) is 2.41. The fraction of sp³-hybridized carbons (Fsp3) is 0.227. The van der Waals surface area contributed by atoms with E-state index in [1.165, 1.54) is 0 Å². The van der Waals surface area contributed by atoms with Gasteiger partial charge in [-0.1, -0.05) is 41.9 Å². The lowest BCUT2D eigenvalue weighted by atomic mass is 10.0. The fourth-order valence-electron chi connectivity index (χ4n) is 3.10. The summed E-state index contributed by atoms with van der Waals surface area (Å²) >= 11 is 6.18. The minimum atomic E-state index is -0.493. The number of furan rings is 1. The van der Waals surface area contributed by atoms with Crippen molar-refractivity contribution in [2.24, 2.45) is 0 Å². The first-order chi connectivity index (χ1) is 13.5. The van der Waals surface area contributed by atoms with Crippen LogP contribution < -0.4 is 10.1 Å². The number of carbonyl (C=O) groups excluding carboxylic acids is 1. The third-order valence-corrected chi connectivity index (χ3v) is 4.72. The summed E-state index contributed by atoms with van der Waals surface area (Å²) in [5.41, 5.74) is 1.50. The van der Waals surface area contributed by atoms with Crippen LogP contribution in [0.4, 0.5) is 5.69 Å². The lowest BCUT2D eigenvalue weighted by Gasteiger charge is -2.27. The van der Waals surface area contributed by atoms with Crippen LogP contribution in [0.5, 0.6) is 5.75 Å². The Bertz CT molecular complexity index is 940. The molecule has 0 spiro atoms. The molecular formula is C22H23ClN2O3. The SMILES string of the molecule is COc1ccc(NC(=O)[C@@H](c2ccccc2)N(C)Cc2ccc(C)o2)cc1Cl. The van der Waals surface area contributed by atoms with Crippen LogP contribution in [-0.2, 0) is 11.3 Å². The molecule has 0 radical (unpaired) electrons. The zero-order valence-electron chi connectivity index (χ0n) is 16.1. The third-order valence-electron chi connectivity index (χ3n) is 4.43. The predicted octanol–water partition coefficient (Wildman–Crippen LogP) is 5.06. The average Bonchev–Trinajstić information content (AvgIpc) is 3.07.